The first-order chi connectivity index (χ1) is 8.61. The summed E-state index contributed by atoms with van der Waals surface area (Å²) < 4.78 is 1.13. The van der Waals surface area contributed by atoms with E-state index in [9.17, 15) is 5.11 Å². The molecule has 2 N–H and O–H groups in total. The van der Waals surface area contributed by atoms with Crippen molar-refractivity contribution in [2.45, 2.75) is 50.7 Å². The lowest BCUT2D eigenvalue weighted by molar-refractivity contribution is 0.00299. The van der Waals surface area contributed by atoms with E-state index in [1.807, 2.05) is 12.1 Å². The zero-order valence-corrected chi connectivity index (χ0v) is 12.5. The number of hydrogen-bond donors (Lipinski definition) is 2. The van der Waals surface area contributed by atoms with Gasteiger partial charge in [-0.25, -0.2) is 0 Å². The molecule has 1 aliphatic carbocycles. The van der Waals surface area contributed by atoms with Crippen LogP contribution in [0.2, 0.25) is 0 Å². The van der Waals surface area contributed by atoms with Crippen LogP contribution in [0.25, 0.3) is 0 Å². The highest BCUT2D eigenvalue weighted by Gasteiger charge is 2.29. The van der Waals surface area contributed by atoms with E-state index in [4.69, 9.17) is 0 Å². The summed E-state index contributed by atoms with van der Waals surface area (Å²) in [5.41, 5.74) is 0.755. The smallest absolute Gasteiger partial charge is 0.0771 e. The van der Waals surface area contributed by atoms with Gasteiger partial charge in [-0.15, -0.1) is 0 Å². The highest BCUT2D eigenvalue weighted by molar-refractivity contribution is 9.10. The van der Waals surface area contributed by atoms with Crippen molar-refractivity contribution in [2.75, 3.05) is 6.54 Å². The minimum absolute atomic E-state index is 0.256. The molecule has 0 aliphatic heterocycles. The quantitative estimate of drug-likeness (QED) is 0.886. The second kappa shape index (κ2) is 6.18. The third kappa shape index (κ3) is 3.56. The molecule has 1 aromatic carbocycles. The molecule has 1 saturated carbocycles. The van der Waals surface area contributed by atoms with Gasteiger partial charge in [0.2, 0.25) is 0 Å². The first kappa shape index (κ1) is 14.0. The molecular weight excluding hydrogens is 290 g/mol. The predicted molar refractivity (Wildman–Crippen MR) is 78.6 cm³/mol. The van der Waals surface area contributed by atoms with E-state index < -0.39 is 5.60 Å². The Morgan fingerprint density at radius 3 is 2.61 bits per heavy atom. The maximum absolute atomic E-state index is 10.5. The summed E-state index contributed by atoms with van der Waals surface area (Å²) in [5, 5.41) is 13.9. The molecule has 1 atom stereocenters. The van der Waals surface area contributed by atoms with Crippen molar-refractivity contribution in [3.8, 4) is 0 Å². The van der Waals surface area contributed by atoms with Crippen molar-refractivity contribution >= 4 is 15.9 Å². The molecule has 1 unspecified atom stereocenters. The van der Waals surface area contributed by atoms with Crippen LogP contribution in [0.5, 0.6) is 0 Å². The molecular formula is C15H22BrNO. The molecule has 0 aromatic heterocycles. The SMILES string of the molecule is CC(NCC1(O)CCCCC1)c1ccccc1Br. The monoisotopic (exact) mass is 311 g/mol. The number of aliphatic hydroxyl groups is 1. The Bertz CT molecular complexity index is 388. The molecule has 1 aliphatic rings. The van der Waals surface area contributed by atoms with Crippen molar-refractivity contribution < 1.29 is 5.11 Å². The molecule has 3 heteroatoms. The Morgan fingerprint density at radius 1 is 1.28 bits per heavy atom. The molecule has 2 nitrogen and oxygen atoms in total. The van der Waals surface area contributed by atoms with Crippen molar-refractivity contribution in [3.63, 3.8) is 0 Å². The Balaban J connectivity index is 1.92. The predicted octanol–water partition coefficient (Wildman–Crippen LogP) is 3.79. The van der Waals surface area contributed by atoms with Crippen LogP contribution in [-0.4, -0.2) is 17.3 Å². The Labute approximate surface area is 118 Å². The lowest BCUT2D eigenvalue weighted by Crippen LogP contribution is -2.42. The largest absolute Gasteiger partial charge is 0.389 e. The first-order valence-electron chi connectivity index (χ1n) is 6.81. The minimum atomic E-state index is -0.492. The molecule has 0 bridgehead atoms. The molecule has 0 saturated heterocycles. The molecule has 0 spiro atoms. The number of nitrogens with one attached hydrogen (secondary N) is 1. The second-order valence-electron chi connectivity index (χ2n) is 5.41. The van der Waals surface area contributed by atoms with E-state index in [1.165, 1.54) is 12.0 Å². The minimum Gasteiger partial charge on any atom is -0.389 e. The summed E-state index contributed by atoms with van der Waals surface area (Å²) in [7, 11) is 0. The standard InChI is InChI=1S/C15H22BrNO/c1-12(13-7-3-4-8-14(13)16)17-11-15(18)9-5-2-6-10-15/h3-4,7-8,12,17-18H,2,5-6,9-11H2,1H3. The summed E-state index contributed by atoms with van der Waals surface area (Å²) in [6.07, 6.45) is 5.44. The molecule has 18 heavy (non-hydrogen) atoms. The summed E-state index contributed by atoms with van der Waals surface area (Å²) in [6.45, 7) is 2.84. The van der Waals surface area contributed by atoms with Gasteiger partial charge in [0.25, 0.3) is 0 Å². The highest BCUT2D eigenvalue weighted by atomic mass is 79.9. The average molecular weight is 312 g/mol. The van der Waals surface area contributed by atoms with Crippen molar-refractivity contribution in [1.29, 1.82) is 0 Å². The van der Waals surface area contributed by atoms with Crippen LogP contribution in [0.3, 0.4) is 0 Å². The Kier molecular flexibility index (Phi) is 4.82. The first-order valence-corrected chi connectivity index (χ1v) is 7.60. The fourth-order valence-electron chi connectivity index (χ4n) is 2.67. The Morgan fingerprint density at radius 2 is 1.94 bits per heavy atom. The normalized spacial score (nSPS) is 20.6. The molecule has 0 heterocycles. The molecule has 1 fully saturated rings. The van der Waals surface area contributed by atoms with Gasteiger partial charge in [-0.3, -0.25) is 0 Å². The van der Waals surface area contributed by atoms with Crippen LogP contribution in [-0.2, 0) is 0 Å². The zero-order valence-electron chi connectivity index (χ0n) is 11.0. The van der Waals surface area contributed by atoms with Crippen LogP contribution in [0.4, 0.5) is 0 Å². The number of benzene rings is 1. The number of rotatable bonds is 4. The van der Waals surface area contributed by atoms with Crippen molar-refractivity contribution in [2.24, 2.45) is 0 Å². The van der Waals surface area contributed by atoms with E-state index in [2.05, 4.69) is 40.3 Å². The third-order valence-electron chi connectivity index (χ3n) is 3.89. The van der Waals surface area contributed by atoms with E-state index >= 15 is 0 Å². The van der Waals surface area contributed by atoms with E-state index in [-0.39, 0.29) is 6.04 Å². The molecule has 2 rings (SSSR count). The molecule has 100 valence electrons. The van der Waals surface area contributed by atoms with Crippen LogP contribution in [0.1, 0.15) is 50.6 Å². The molecule has 0 amide bonds. The van der Waals surface area contributed by atoms with Crippen LogP contribution in [0.15, 0.2) is 28.7 Å². The number of hydrogen-bond acceptors (Lipinski definition) is 2. The summed E-state index contributed by atoms with van der Waals surface area (Å²) >= 11 is 3.57. The topological polar surface area (TPSA) is 32.3 Å². The molecule has 0 radical (unpaired) electrons. The van der Waals surface area contributed by atoms with E-state index in [0.29, 0.717) is 6.54 Å². The summed E-state index contributed by atoms with van der Waals surface area (Å²) in [4.78, 5) is 0. The Hall–Kier alpha value is -0.380. The fraction of sp³-hybridized carbons (Fsp3) is 0.600. The van der Waals surface area contributed by atoms with Gasteiger partial charge in [-0.1, -0.05) is 53.4 Å². The van der Waals surface area contributed by atoms with Gasteiger partial charge < -0.3 is 10.4 Å². The highest BCUT2D eigenvalue weighted by Crippen LogP contribution is 2.29. The van der Waals surface area contributed by atoms with E-state index in [0.717, 1.165) is 30.2 Å². The average Bonchev–Trinajstić information content (AvgIpc) is 2.38. The van der Waals surface area contributed by atoms with Crippen LogP contribution < -0.4 is 5.32 Å². The van der Waals surface area contributed by atoms with Gasteiger partial charge in [-0.2, -0.15) is 0 Å². The van der Waals surface area contributed by atoms with Gasteiger partial charge in [0.15, 0.2) is 0 Å². The van der Waals surface area contributed by atoms with Gasteiger partial charge in [0.1, 0.15) is 0 Å². The third-order valence-corrected chi connectivity index (χ3v) is 4.62. The lowest BCUT2D eigenvalue weighted by atomic mass is 9.84. The molecule has 1 aromatic rings. The fourth-order valence-corrected chi connectivity index (χ4v) is 3.29. The van der Waals surface area contributed by atoms with Gasteiger partial charge in [-0.05, 0) is 31.4 Å². The van der Waals surface area contributed by atoms with E-state index in [1.54, 1.807) is 0 Å². The van der Waals surface area contributed by atoms with Crippen LogP contribution >= 0.6 is 15.9 Å². The maximum atomic E-state index is 10.5. The summed E-state index contributed by atoms with van der Waals surface area (Å²) in [5.74, 6) is 0. The lowest BCUT2D eigenvalue weighted by Gasteiger charge is -2.33. The van der Waals surface area contributed by atoms with Crippen molar-refractivity contribution in [1.82, 2.24) is 5.32 Å². The number of halogens is 1. The van der Waals surface area contributed by atoms with Crippen molar-refractivity contribution in [3.05, 3.63) is 34.3 Å². The summed E-state index contributed by atoms with van der Waals surface area (Å²) in [6, 6.07) is 8.50. The van der Waals surface area contributed by atoms with Gasteiger partial charge in [0.05, 0.1) is 5.60 Å². The van der Waals surface area contributed by atoms with Crippen LogP contribution in [0, 0.1) is 0 Å². The zero-order chi connectivity index (χ0) is 13.0. The van der Waals surface area contributed by atoms with Gasteiger partial charge in [0, 0.05) is 17.1 Å². The van der Waals surface area contributed by atoms with Gasteiger partial charge >= 0.3 is 0 Å². The maximum Gasteiger partial charge on any atom is 0.0771 e. The second-order valence-corrected chi connectivity index (χ2v) is 6.26.